The Kier molecular flexibility index (Phi) is 5.11. The molecule has 1 aromatic carbocycles. The largest absolute Gasteiger partial charge is 0.497 e. The number of benzene rings is 1. The fourth-order valence-electron chi connectivity index (χ4n) is 3.77. The molecule has 8 heteroatoms. The molecule has 150 valence electrons. The molecule has 2 N–H and O–H groups in total. The standard InChI is InChI=1S/C20H26N4O4/c1-28-16-6-4-15(5-7-16)24-12-17(22-20(24)27)19(26)23-9-8-14(11-23)18(25)21-10-13-2-3-13/h4-7,13-14,17H,2-3,8-12H2,1H3,(H,21,25)(H,22,27). The molecule has 1 aliphatic carbocycles. The third kappa shape index (κ3) is 3.90. The van der Waals surface area contributed by atoms with Crippen molar-refractivity contribution in [3.8, 4) is 5.75 Å². The quantitative estimate of drug-likeness (QED) is 0.762. The summed E-state index contributed by atoms with van der Waals surface area (Å²) >= 11 is 0. The maximum atomic E-state index is 12.8. The zero-order valence-electron chi connectivity index (χ0n) is 16.0. The predicted octanol–water partition coefficient (Wildman–Crippen LogP) is 0.968. The maximum Gasteiger partial charge on any atom is 0.322 e. The van der Waals surface area contributed by atoms with Crippen LogP contribution in [-0.2, 0) is 9.59 Å². The van der Waals surface area contributed by atoms with Gasteiger partial charge in [-0.15, -0.1) is 0 Å². The molecule has 1 aromatic rings. The van der Waals surface area contributed by atoms with E-state index in [2.05, 4.69) is 10.6 Å². The van der Waals surface area contributed by atoms with E-state index in [4.69, 9.17) is 4.74 Å². The molecule has 2 aliphatic heterocycles. The summed E-state index contributed by atoms with van der Waals surface area (Å²) in [6, 6.07) is 6.26. The molecule has 1 saturated carbocycles. The number of hydrogen-bond acceptors (Lipinski definition) is 4. The van der Waals surface area contributed by atoms with Crippen molar-refractivity contribution in [2.45, 2.75) is 25.3 Å². The molecule has 4 amide bonds. The van der Waals surface area contributed by atoms with Crippen LogP contribution in [0.15, 0.2) is 24.3 Å². The highest BCUT2D eigenvalue weighted by molar-refractivity contribution is 6.00. The molecule has 0 aromatic heterocycles. The zero-order valence-corrected chi connectivity index (χ0v) is 16.0. The van der Waals surface area contributed by atoms with Gasteiger partial charge in [0.15, 0.2) is 0 Å². The number of nitrogens with one attached hydrogen (secondary N) is 2. The lowest BCUT2D eigenvalue weighted by atomic mass is 10.1. The summed E-state index contributed by atoms with van der Waals surface area (Å²) in [6.07, 6.45) is 3.06. The molecule has 2 atom stereocenters. The normalized spacial score (nSPS) is 24.2. The van der Waals surface area contributed by atoms with Crippen molar-refractivity contribution in [1.29, 1.82) is 0 Å². The summed E-state index contributed by atoms with van der Waals surface area (Å²) in [5, 5.41) is 5.76. The number of anilines is 1. The number of likely N-dealkylation sites (tertiary alicyclic amines) is 1. The van der Waals surface area contributed by atoms with E-state index >= 15 is 0 Å². The summed E-state index contributed by atoms with van der Waals surface area (Å²) in [6.45, 7) is 2.00. The molecule has 3 fully saturated rings. The van der Waals surface area contributed by atoms with Crippen molar-refractivity contribution in [2.24, 2.45) is 11.8 Å². The van der Waals surface area contributed by atoms with Gasteiger partial charge in [0, 0.05) is 25.3 Å². The number of urea groups is 1. The van der Waals surface area contributed by atoms with E-state index in [1.165, 1.54) is 12.8 Å². The van der Waals surface area contributed by atoms with Crippen LogP contribution in [0.3, 0.4) is 0 Å². The molecule has 2 saturated heterocycles. The van der Waals surface area contributed by atoms with Crippen LogP contribution < -0.4 is 20.3 Å². The van der Waals surface area contributed by atoms with E-state index < -0.39 is 6.04 Å². The fraction of sp³-hybridized carbons (Fsp3) is 0.550. The van der Waals surface area contributed by atoms with E-state index in [0.717, 1.165) is 6.54 Å². The first-order valence-electron chi connectivity index (χ1n) is 9.83. The number of methoxy groups -OCH3 is 1. The highest BCUT2D eigenvalue weighted by Crippen LogP contribution is 2.28. The van der Waals surface area contributed by atoms with Crippen molar-refractivity contribution in [3.63, 3.8) is 0 Å². The van der Waals surface area contributed by atoms with Gasteiger partial charge in [0.1, 0.15) is 11.8 Å². The van der Waals surface area contributed by atoms with Crippen LogP contribution in [0.5, 0.6) is 5.75 Å². The monoisotopic (exact) mass is 386 g/mol. The first kappa shape index (κ1) is 18.6. The van der Waals surface area contributed by atoms with Gasteiger partial charge in [-0.05, 0) is 49.4 Å². The van der Waals surface area contributed by atoms with Crippen LogP contribution in [0.25, 0.3) is 0 Å². The second-order valence-corrected chi connectivity index (χ2v) is 7.77. The number of hydrogen-bond donors (Lipinski definition) is 2. The first-order valence-corrected chi connectivity index (χ1v) is 9.83. The van der Waals surface area contributed by atoms with Crippen molar-refractivity contribution in [3.05, 3.63) is 24.3 Å². The molecule has 0 spiro atoms. The van der Waals surface area contributed by atoms with E-state index in [1.807, 2.05) is 0 Å². The molecule has 0 bridgehead atoms. The number of ether oxygens (including phenoxy) is 1. The maximum absolute atomic E-state index is 12.8. The minimum atomic E-state index is -0.595. The summed E-state index contributed by atoms with van der Waals surface area (Å²) in [7, 11) is 1.59. The predicted molar refractivity (Wildman–Crippen MR) is 103 cm³/mol. The van der Waals surface area contributed by atoms with Gasteiger partial charge in [-0.3, -0.25) is 14.5 Å². The van der Waals surface area contributed by atoms with Gasteiger partial charge >= 0.3 is 6.03 Å². The van der Waals surface area contributed by atoms with Crippen LogP contribution in [0.2, 0.25) is 0 Å². The van der Waals surface area contributed by atoms with Crippen molar-refractivity contribution >= 4 is 23.5 Å². The van der Waals surface area contributed by atoms with Gasteiger partial charge in [0.05, 0.1) is 19.6 Å². The number of carbonyl (C=O) groups is 3. The Morgan fingerprint density at radius 3 is 2.61 bits per heavy atom. The zero-order chi connectivity index (χ0) is 19.7. The van der Waals surface area contributed by atoms with Gasteiger partial charge < -0.3 is 20.3 Å². The molecule has 0 radical (unpaired) electrons. The average Bonchev–Trinajstić information content (AvgIpc) is 3.26. The second-order valence-electron chi connectivity index (χ2n) is 7.77. The highest BCUT2D eigenvalue weighted by Gasteiger charge is 2.40. The van der Waals surface area contributed by atoms with Gasteiger partial charge in [0.2, 0.25) is 11.8 Å². The molecular formula is C20H26N4O4. The fourth-order valence-corrected chi connectivity index (χ4v) is 3.77. The highest BCUT2D eigenvalue weighted by atomic mass is 16.5. The van der Waals surface area contributed by atoms with Crippen LogP contribution in [0.1, 0.15) is 19.3 Å². The second kappa shape index (κ2) is 7.69. The molecule has 4 rings (SSSR count). The van der Waals surface area contributed by atoms with Gasteiger partial charge in [0.25, 0.3) is 0 Å². The minimum Gasteiger partial charge on any atom is -0.497 e. The Bertz CT molecular complexity index is 762. The Labute approximate surface area is 164 Å². The SMILES string of the molecule is COc1ccc(N2CC(C(=O)N3CCC(C(=O)NCC4CC4)C3)NC2=O)cc1. The van der Waals surface area contributed by atoms with Crippen molar-refractivity contribution in [1.82, 2.24) is 15.5 Å². The van der Waals surface area contributed by atoms with Crippen LogP contribution in [0.4, 0.5) is 10.5 Å². The lowest BCUT2D eigenvalue weighted by Gasteiger charge is -2.20. The minimum absolute atomic E-state index is 0.0394. The Hall–Kier alpha value is -2.77. The lowest BCUT2D eigenvalue weighted by molar-refractivity contribution is -0.132. The first-order chi connectivity index (χ1) is 13.5. The van der Waals surface area contributed by atoms with Crippen LogP contribution >= 0.6 is 0 Å². The van der Waals surface area contributed by atoms with E-state index in [9.17, 15) is 14.4 Å². The Balaban J connectivity index is 1.32. The summed E-state index contributed by atoms with van der Waals surface area (Å²) in [5.41, 5.74) is 0.715. The van der Waals surface area contributed by atoms with E-state index in [-0.39, 0.29) is 30.3 Å². The summed E-state index contributed by atoms with van der Waals surface area (Å²) in [5.74, 6) is 1.11. The van der Waals surface area contributed by atoms with Crippen molar-refractivity contribution in [2.75, 3.05) is 38.2 Å². The lowest BCUT2D eigenvalue weighted by Crippen LogP contribution is -2.45. The molecule has 28 heavy (non-hydrogen) atoms. The smallest absolute Gasteiger partial charge is 0.322 e. The molecule has 3 aliphatic rings. The van der Waals surface area contributed by atoms with Crippen molar-refractivity contribution < 1.29 is 19.1 Å². The molecule has 8 nitrogen and oxygen atoms in total. The number of nitrogens with zero attached hydrogens (tertiary/aromatic N) is 2. The van der Waals surface area contributed by atoms with E-state index in [0.29, 0.717) is 36.9 Å². The van der Waals surface area contributed by atoms with E-state index in [1.54, 1.807) is 41.2 Å². The van der Waals surface area contributed by atoms with Gasteiger partial charge in [-0.1, -0.05) is 0 Å². The third-order valence-corrected chi connectivity index (χ3v) is 5.72. The number of carbonyl (C=O) groups excluding carboxylic acids is 3. The van der Waals surface area contributed by atoms with Crippen LogP contribution in [0, 0.1) is 11.8 Å². The summed E-state index contributed by atoms with van der Waals surface area (Å²) in [4.78, 5) is 40.7. The number of rotatable bonds is 6. The third-order valence-electron chi connectivity index (χ3n) is 5.72. The summed E-state index contributed by atoms with van der Waals surface area (Å²) < 4.78 is 5.14. The Morgan fingerprint density at radius 2 is 1.93 bits per heavy atom. The van der Waals surface area contributed by atoms with Gasteiger partial charge in [-0.2, -0.15) is 0 Å². The number of amides is 4. The molecular weight excluding hydrogens is 360 g/mol. The van der Waals surface area contributed by atoms with Gasteiger partial charge in [-0.25, -0.2) is 4.79 Å². The molecule has 2 heterocycles. The Morgan fingerprint density at radius 1 is 1.18 bits per heavy atom. The van der Waals surface area contributed by atoms with Crippen LogP contribution in [-0.4, -0.2) is 62.1 Å². The average molecular weight is 386 g/mol. The topological polar surface area (TPSA) is 91.0 Å². The molecule has 2 unspecified atom stereocenters.